The summed E-state index contributed by atoms with van der Waals surface area (Å²) in [7, 11) is -1.36. The Kier molecular flexibility index (Phi) is 8.62. The van der Waals surface area contributed by atoms with Gasteiger partial charge in [0.2, 0.25) is 5.89 Å². The highest BCUT2D eigenvalue weighted by molar-refractivity contribution is 7.93. The molecule has 1 amide bonds. The minimum atomic E-state index is -4.40. The van der Waals surface area contributed by atoms with Gasteiger partial charge in [-0.1, -0.05) is 24.6 Å². The number of nitrogens with zero attached hydrogens (tertiary/aromatic N) is 3. The third kappa shape index (κ3) is 5.17. The first-order chi connectivity index (χ1) is 21.8. The van der Waals surface area contributed by atoms with Crippen LogP contribution in [0.15, 0.2) is 82.4 Å². The highest BCUT2D eigenvalue weighted by atomic mass is 35.5. The highest BCUT2D eigenvalue weighted by Gasteiger charge is 2.62. The van der Waals surface area contributed by atoms with Crippen molar-refractivity contribution in [1.82, 2.24) is 15.2 Å². The normalized spacial score (nSPS) is 20.0. The number of hydrogen-bond acceptors (Lipinski definition) is 9. The Morgan fingerprint density at radius 2 is 1.87 bits per heavy atom. The minimum absolute atomic E-state index is 0.0523. The molecule has 1 aromatic heterocycles. The number of anilines is 1. The standard InChI is InChI=1S/C33H35ClN4O6S/c1-4-15-35-21-22-7-14-30(43-3)27(19-22)33(37-17-5-6-29(37)31-36-16-18-44-31)26-20-23(34)8-13-28(26)38(32(33)39)45(40,41)25-11-9-24(42-2)10-12-25/h7-14,16,18-20,29,35H,4-6,15,17,21H2,1-3H3/t29-,33?/m0/s1. The second-order valence-corrected chi connectivity index (χ2v) is 13.3. The molecule has 1 fully saturated rings. The zero-order chi connectivity index (χ0) is 31.8. The van der Waals surface area contributed by atoms with Gasteiger partial charge in [-0.15, -0.1) is 0 Å². The van der Waals surface area contributed by atoms with Gasteiger partial charge in [0.05, 0.1) is 37.0 Å². The molecule has 3 heterocycles. The number of carbonyl (C=O) groups is 1. The molecular formula is C33H35ClN4O6S. The van der Waals surface area contributed by atoms with Gasteiger partial charge in [-0.25, -0.2) is 17.7 Å². The van der Waals surface area contributed by atoms with E-state index < -0.39 is 27.5 Å². The van der Waals surface area contributed by atoms with Crippen LogP contribution in [0, 0.1) is 0 Å². The molecule has 2 aliphatic rings. The summed E-state index contributed by atoms with van der Waals surface area (Å²) in [5.74, 6) is 0.716. The molecule has 0 saturated carbocycles. The zero-order valence-electron chi connectivity index (χ0n) is 25.3. The number of fused-ring (bicyclic) bond motifs is 1. The van der Waals surface area contributed by atoms with Crippen LogP contribution in [0.5, 0.6) is 11.5 Å². The summed E-state index contributed by atoms with van der Waals surface area (Å²) >= 11 is 6.65. The summed E-state index contributed by atoms with van der Waals surface area (Å²) in [6.07, 6.45) is 5.41. The number of rotatable bonds is 11. The molecular weight excluding hydrogens is 616 g/mol. The van der Waals surface area contributed by atoms with Crippen LogP contribution in [-0.4, -0.2) is 51.5 Å². The largest absolute Gasteiger partial charge is 0.497 e. The number of ether oxygens (including phenoxy) is 2. The van der Waals surface area contributed by atoms with Gasteiger partial charge in [-0.05, 0) is 86.0 Å². The van der Waals surface area contributed by atoms with E-state index >= 15 is 4.79 Å². The van der Waals surface area contributed by atoms with Gasteiger partial charge in [-0.2, -0.15) is 0 Å². The Morgan fingerprint density at radius 1 is 1.07 bits per heavy atom. The Balaban J connectivity index is 1.64. The third-order valence-corrected chi connectivity index (χ3v) is 10.4. The number of benzene rings is 3. The molecule has 4 aromatic rings. The highest BCUT2D eigenvalue weighted by Crippen LogP contribution is 2.56. The van der Waals surface area contributed by atoms with E-state index in [1.165, 1.54) is 25.5 Å². The molecule has 1 unspecified atom stereocenters. The second-order valence-electron chi connectivity index (χ2n) is 11.1. The summed E-state index contributed by atoms with van der Waals surface area (Å²) < 4.78 is 46.8. The average Bonchev–Trinajstić information content (AvgIpc) is 3.80. The monoisotopic (exact) mass is 650 g/mol. The van der Waals surface area contributed by atoms with Crippen molar-refractivity contribution in [3.8, 4) is 11.5 Å². The van der Waals surface area contributed by atoms with Crippen LogP contribution in [0.25, 0.3) is 0 Å². The van der Waals surface area contributed by atoms with E-state index in [0.717, 1.165) is 29.3 Å². The summed E-state index contributed by atoms with van der Waals surface area (Å²) in [6.45, 7) is 3.92. The van der Waals surface area contributed by atoms with E-state index in [1.807, 2.05) is 23.1 Å². The van der Waals surface area contributed by atoms with E-state index in [-0.39, 0.29) is 10.6 Å². The van der Waals surface area contributed by atoms with Gasteiger partial charge in [0, 0.05) is 29.2 Å². The molecule has 0 spiro atoms. The number of nitrogens with one attached hydrogen (secondary N) is 1. The molecule has 0 bridgehead atoms. The fraction of sp³-hybridized carbons (Fsp3) is 0.333. The lowest BCUT2D eigenvalue weighted by Crippen LogP contribution is -2.54. The number of hydrogen-bond donors (Lipinski definition) is 1. The molecule has 45 heavy (non-hydrogen) atoms. The van der Waals surface area contributed by atoms with Crippen molar-refractivity contribution in [3.05, 3.63) is 101 Å². The number of oxazole rings is 1. The van der Waals surface area contributed by atoms with Gasteiger partial charge >= 0.3 is 0 Å². The smallest absolute Gasteiger partial charge is 0.271 e. The summed E-state index contributed by atoms with van der Waals surface area (Å²) in [4.78, 5) is 21.8. The Hall–Kier alpha value is -3.90. The molecule has 2 aliphatic heterocycles. The summed E-state index contributed by atoms with van der Waals surface area (Å²) in [5.41, 5.74) is 0.433. The number of halogens is 1. The lowest BCUT2D eigenvalue weighted by Gasteiger charge is -2.41. The summed E-state index contributed by atoms with van der Waals surface area (Å²) in [6, 6.07) is 16.1. The quantitative estimate of drug-likeness (QED) is 0.205. The van der Waals surface area contributed by atoms with Gasteiger partial charge < -0.3 is 19.2 Å². The van der Waals surface area contributed by atoms with Crippen LogP contribution in [0.4, 0.5) is 5.69 Å². The minimum Gasteiger partial charge on any atom is -0.497 e. The Labute approximate surface area is 268 Å². The molecule has 0 radical (unpaired) electrons. The first-order valence-corrected chi connectivity index (χ1v) is 16.7. The van der Waals surface area contributed by atoms with Crippen LogP contribution in [-0.2, 0) is 26.9 Å². The fourth-order valence-electron chi connectivity index (χ4n) is 6.51. The maximum atomic E-state index is 15.4. The van der Waals surface area contributed by atoms with Crippen molar-refractivity contribution in [2.75, 3.05) is 31.6 Å². The van der Waals surface area contributed by atoms with Crippen molar-refractivity contribution in [2.24, 2.45) is 0 Å². The molecule has 3 aromatic carbocycles. The molecule has 10 nitrogen and oxygen atoms in total. The average molecular weight is 651 g/mol. The molecule has 2 atom stereocenters. The number of likely N-dealkylation sites (tertiary alicyclic amines) is 1. The Morgan fingerprint density at radius 3 is 2.56 bits per heavy atom. The fourth-order valence-corrected chi connectivity index (χ4v) is 8.14. The lowest BCUT2D eigenvalue weighted by molar-refractivity contribution is -0.127. The Bertz CT molecular complexity index is 1800. The van der Waals surface area contributed by atoms with Crippen LogP contribution in [0.3, 0.4) is 0 Å². The predicted molar refractivity (Wildman–Crippen MR) is 170 cm³/mol. The first-order valence-electron chi connectivity index (χ1n) is 14.9. The van der Waals surface area contributed by atoms with Gasteiger partial charge in [0.1, 0.15) is 17.8 Å². The van der Waals surface area contributed by atoms with Crippen LogP contribution in [0.1, 0.15) is 54.8 Å². The molecule has 1 N–H and O–H groups in total. The summed E-state index contributed by atoms with van der Waals surface area (Å²) in [5, 5.41) is 3.78. The van der Waals surface area contributed by atoms with Crippen molar-refractivity contribution in [2.45, 2.75) is 49.2 Å². The number of sulfonamides is 1. The molecule has 0 aliphatic carbocycles. The predicted octanol–water partition coefficient (Wildman–Crippen LogP) is 5.66. The second kappa shape index (κ2) is 12.5. The lowest BCUT2D eigenvalue weighted by atomic mass is 9.80. The zero-order valence-corrected chi connectivity index (χ0v) is 26.9. The maximum Gasteiger partial charge on any atom is 0.271 e. The van der Waals surface area contributed by atoms with Crippen molar-refractivity contribution >= 4 is 33.2 Å². The van der Waals surface area contributed by atoms with E-state index in [0.29, 0.717) is 53.0 Å². The molecule has 1 saturated heterocycles. The van der Waals surface area contributed by atoms with Crippen LogP contribution in [0.2, 0.25) is 5.02 Å². The number of carbonyl (C=O) groups excluding carboxylic acids is 1. The topological polar surface area (TPSA) is 114 Å². The third-order valence-electron chi connectivity index (χ3n) is 8.49. The molecule has 6 rings (SSSR count). The van der Waals surface area contributed by atoms with Crippen molar-refractivity contribution < 1.29 is 27.1 Å². The van der Waals surface area contributed by atoms with E-state index in [2.05, 4.69) is 17.2 Å². The van der Waals surface area contributed by atoms with Crippen LogP contribution < -0.4 is 19.1 Å². The van der Waals surface area contributed by atoms with Crippen LogP contribution >= 0.6 is 11.6 Å². The number of amides is 1. The number of aromatic nitrogens is 1. The SMILES string of the molecule is CCCNCc1ccc(OC)c(C2(N3CCC[C@H]3c3ncco3)C(=O)N(S(=O)(=O)c3ccc(OC)cc3)c3ccc(Cl)cc32)c1. The molecule has 236 valence electrons. The van der Waals surface area contributed by atoms with Gasteiger partial charge in [0.15, 0.2) is 5.54 Å². The number of methoxy groups -OCH3 is 2. The molecule has 12 heteroatoms. The first kappa shape index (κ1) is 31.1. The maximum absolute atomic E-state index is 15.4. The van der Waals surface area contributed by atoms with Crippen molar-refractivity contribution in [1.29, 1.82) is 0 Å². The van der Waals surface area contributed by atoms with E-state index in [4.69, 9.17) is 25.5 Å². The van der Waals surface area contributed by atoms with Gasteiger partial charge in [0.25, 0.3) is 15.9 Å². The van der Waals surface area contributed by atoms with E-state index in [9.17, 15) is 8.42 Å². The van der Waals surface area contributed by atoms with Crippen molar-refractivity contribution in [3.63, 3.8) is 0 Å². The van der Waals surface area contributed by atoms with Gasteiger partial charge in [-0.3, -0.25) is 9.69 Å². The van der Waals surface area contributed by atoms with E-state index in [1.54, 1.807) is 43.6 Å².